The van der Waals surface area contributed by atoms with E-state index >= 15 is 0 Å². The second-order valence-corrected chi connectivity index (χ2v) is 5.14. The monoisotopic (exact) mass is 311 g/mol. The van der Waals surface area contributed by atoms with Crippen LogP contribution in [0.4, 0.5) is 0 Å². The number of nitrogens with zero attached hydrogens (tertiary/aromatic N) is 2. The van der Waals surface area contributed by atoms with Gasteiger partial charge in [-0.1, -0.05) is 0 Å². The number of carbonyl (C=O) groups is 1. The second kappa shape index (κ2) is 6.18. The molecule has 2 N–H and O–H groups in total. The van der Waals surface area contributed by atoms with Crippen LogP contribution in [-0.4, -0.2) is 22.5 Å². The molecule has 0 aliphatic rings. The molecule has 2 aromatic heterocycles. The number of benzene rings is 1. The van der Waals surface area contributed by atoms with Crippen molar-refractivity contribution in [2.75, 3.05) is 6.61 Å². The maximum Gasteiger partial charge on any atom is 0.341 e. The van der Waals surface area contributed by atoms with Gasteiger partial charge in [0.25, 0.3) is 0 Å². The standard InChI is InChI=1S/C17H17N3O3/c1-3-22-17(21)13-8-19-16(20-9-13)12-4-10(2)15-11(5-12)6-14(7-18)23-15/h4-6,8-9H,3,7,18H2,1-2H3. The molecular weight excluding hydrogens is 294 g/mol. The van der Waals surface area contributed by atoms with Crippen LogP contribution in [0.3, 0.4) is 0 Å². The zero-order valence-electron chi connectivity index (χ0n) is 13.0. The number of hydrogen-bond acceptors (Lipinski definition) is 6. The average molecular weight is 311 g/mol. The smallest absolute Gasteiger partial charge is 0.341 e. The van der Waals surface area contributed by atoms with Crippen molar-refractivity contribution in [1.29, 1.82) is 0 Å². The van der Waals surface area contributed by atoms with Crippen molar-refractivity contribution in [3.63, 3.8) is 0 Å². The summed E-state index contributed by atoms with van der Waals surface area (Å²) in [7, 11) is 0. The van der Waals surface area contributed by atoms with Gasteiger partial charge in [-0.2, -0.15) is 0 Å². The van der Waals surface area contributed by atoms with Crippen LogP contribution in [-0.2, 0) is 11.3 Å². The third-order valence-electron chi connectivity index (χ3n) is 3.48. The third kappa shape index (κ3) is 2.93. The normalized spacial score (nSPS) is 10.9. The molecule has 3 aromatic rings. The minimum Gasteiger partial charge on any atom is -0.462 e. The van der Waals surface area contributed by atoms with Crippen LogP contribution < -0.4 is 5.73 Å². The summed E-state index contributed by atoms with van der Waals surface area (Å²) in [5.74, 6) is 0.852. The van der Waals surface area contributed by atoms with Crippen molar-refractivity contribution >= 4 is 16.9 Å². The van der Waals surface area contributed by atoms with Crippen LogP contribution in [0, 0.1) is 6.92 Å². The maximum atomic E-state index is 11.6. The van der Waals surface area contributed by atoms with E-state index in [4.69, 9.17) is 14.9 Å². The van der Waals surface area contributed by atoms with Crippen molar-refractivity contribution in [2.24, 2.45) is 5.73 Å². The van der Waals surface area contributed by atoms with Crippen LogP contribution in [0.25, 0.3) is 22.4 Å². The van der Waals surface area contributed by atoms with Crippen molar-refractivity contribution in [2.45, 2.75) is 20.4 Å². The topological polar surface area (TPSA) is 91.2 Å². The summed E-state index contributed by atoms with van der Waals surface area (Å²) in [6.45, 7) is 4.39. The van der Waals surface area contributed by atoms with Crippen LogP contribution in [0.1, 0.15) is 28.6 Å². The number of carbonyl (C=O) groups excluding carboxylic acids is 1. The molecule has 0 saturated carbocycles. The molecule has 6 heteroatoms. The maximum absolute atomic E-state index is 11.6. The predicted molar refractivity (Wildman–Crippen MR) is 85.8 cm³/mol. The van der Waals surface area contributed by atoms with E-state index in [9.17, 15) is 4.79 Å². The fraction of sp³-hybridized carbons (Fsp3) is 0.235. The number of fused-ring (bicyclic) bond motifs is 1. The Hall–Kier alpha value is -2.73. The molecule has 0 fully saturated rings. The highest BCUT2D eigenvalue weighted by atomic mass is 16.5. The fourth-order valence-electron chi connectivity index (χ4n) is 2.41. The van der Waals surface area contributed by atoms with Gasteiger partial charge in [0.2, 0.25) is 0 Å². The summed E-state index contributed by atoms with van der Waals surface area (Å²) >= 11 is 0. The van der Waals surface area contributed by atoms with Crippen molar-refractivity contribution in [1.82, 2.24) is 9.97 Å². The van der Waals surface area contributed by atoms with Crippen LogP contribution >= 0.6 is 0 Å². The Balaban J connectivity index is 1.98. The van der Waals surface area contributed by atoms with E-state index in [0.29, 0.717) is 24.5 Å². The summed E-state index contributed by atoms with van der Waals surface area (Å²) < 4.78 is 10.6. The van der Waals surface area contributed by atoms with Gasteiger partial charge in [0, 0.05) is 23.3 Å². The van der Waals surface area contributed by atoms with E-state index in [-0.39, 0.29) is 0 Å². The summed E-state index contributed by atoms with van der Waals surface area (Å²) in [6.07, 6.45) is 2.95. The molecule has 0 aliphatic heterocycles. The molecular formula is C17H17N3O3. The molecule has 0 aliphatic carbocycles. The molecule has 23 heavy (non-hydrogen) atoms. The zero-order chi connectivity index (χ0) is 16.4. The molecule has 6 nitrogen and oxygen atoms in total. The van der Waals surface area contributed by atoms with Gasteiger partial charge in [0.05, 0.1) is 18.7 Å². The Morgan fingerprint density at radius 2 is 2.00 bits per heavy atom. The van der Waals surface area contributed by atoms with E-state index in [1.165, 1.54) is 12.4 Å². The molecule has 118 valence electrons. The largest absolute Gasteiger partial charge is 0.462 e. The Bertz CT molecular complexity index is 853. The van der Waals surface area contributed by atoms with Crippen molar-refractivity contribution in [3.8, 4) is 11.4 Å². The predicted octanol–water partition coefficient (Wildman–Crippen LogP) is 2.83. The van der Waals surface area contributed by atoms with Crippen molar-refractivity contribution < 1.29 is 13.9 Å². The summed E-state index contributed by atoms with van der Waals surface area (Å²) in [5, 5.41) is 0.957. The van der Waals surface area contributed by atoms with Gasteiger partial charge in [-0.3, -0.25) is 0 Å². The van der Waals surface area contributed by atoms with E-state index in [2.05, 4.69) is 9.97 Å². The molecule has 0 amide bonds. The summed E-state index contributed by atoms with van der Waals surface area (Å²) in [4.78, 5) is 20.2. The lowest BCUT2D eigenvalue weighted by atomic mass is 10.1. The molecule has 0 spiro atoms. The van der Waals surface area contributed by atoms with E-state index < -0.39 is 5.97 Å². The van der Waals surface area contributed by atoms with E-state index in [1.807, 2.05) is 25.1 Å². The van der Waals surface area contributed by atoms with Gasteiger partial charge >= 0.3 is 5.97 Å². The zero-order valence-corrected chi connectivity index (χ0v) is 13.0. The first-order valence-electron chi connectivity index (χ1n) is 7.35. The third-order valence-corrected chi connectivity index (χ3v) is 3.48. The number of aryl methyl sites for hydroxylation is 1. The molecule has 0 bridgehead atoms. The lowest BCUT2D eigenvalue weighted by Gasteiger charge is -2.04. The second-order valence-electron chi connectivity index (χ2n) is 5.14. The molecule has 2 heterocycles. The summed E-state index contributed by atoms with van der Waals surface area (Å²) in [6, 6.07) is 5.81. The summed E-state index contributed by atoms with van der Waals surface area (Å²) in [5.41, 5.74) is 8.61. The van der Waals surface area contributed by atoms with Gasteiger partial charge in [0.1, 0.15) is 11.3 Å². The highest BCUT2D eigenvalue weighted by Crippen LogP contribution is 2.28. The van der Waals surface area contributed by atoms with Crippen LogP contribution in [0.5, 0.6) is 0 Å². The number of rotatable bonds is 4. The van der Waals surface area contributed by atoms with Gasteiger partial charge in [-0.15, -0.1) is 0 Å². The number of hydrogen-bond donors (Lipinski definition) is 1. The van der Waals surface area contributed by atoms with E-state index in [0.717, 1.165) is 27.9 Å². The van der Waals surface area contributed by atoms with Crippen LogP contribution in [0.15, 0.2) is 35.0 Å². The van der Waals surface area contributed by atoms with Gasteiger partial charge in [0.15, 0.2) is 5.82 Å². The highest BCUT2D eigenvalue weighted by molar-refractivity contribution is 5.89. The lowest BCUT2D eigenvalue weighted by molar-refractivity contribution is 0.0525. The van der Waals surface area contributed by atoms with Gasteiger partial charge in [-0.05, 0) is 37.6 Å². The quantitative estimate of drug-likeness (QED) is 0.745. The van der Waals surface area contributed by atoms with Crippen molar-refractivity contribution in [3.05, 3.63) is 47.5 Å². The van der Waals surface area contributed by atoms with Gasteiger partial charge in [-0.25, -0.2) is 14.8 Å². The molecule has 1 aromatic carbocycles. The Morgan fingerprint density at radius 1 is 1.26 bits per heavy atom. The Kier molecular flexibility index (Phi) is 4.08. The Morgan fingerprint density at radius 3 is 2.65 bits per heavy atom. The van der Waals surface area contributed by atoms with E-state index in [1.54, 1.807) is 6.92 Å². The number of ether oxygens (including phenoxy) is 1. The SMILES string of the molecule is CCOC(=O)c1cnc(-c2cc(C)c3oc(CN)cc3c2)nc1. The number of aromatic nitrogens is 2. The van der Waals surface area contributed by atoms with Gasteiger partial charge < -0.3 is 14.9 Å². The first-order valence-corrected chi connectivity index (χ1v) is 7.35. The highest BCUT2D eigenvalue weighted by Gasteiger charge is 2.12. The first kappa shape index (κ1) is 15.2. The number of esters is 1. The lowest BCUT2D eigenvalue weighted by Crippen LogP contribution is -2.06. The number of furan rings is 1. The molecule has 0 atom stereocenters. The fourth-order valence-corrected chi connectivity index (χ4v) is 2.41. The molecule has 0 radical (unpaired) electrons. The molecule has 0 saturated heterocycles. The average Bonchev–Trinajstić information content (AvgIpc) is 2.99. The molecule has 3 rings (SSSR count). The minimum absolute atomic E-state index is 0.320. The first-order chi connectivity index (χ1) is 11.1. The minimum atomic E-state index is -0.423. The number of nitrogens with two attached hydrogens (primary N) is 1. The molecule has 0 unspecified atom stereocenters. The Labute approximate surface area is 133 Å². The van der Waals surface area contributed by atoms with Crippen LogP contribution in [0.2, 0.25) is 0 Å².